The number of carbonyl (C=O) groups excluding carboxylic acids is 1. The van der Waals surface area contributed by atoms with Crippen LogP contribution < -0.4 is 4.74 Å². The summed E-state index contributed by atoms with van der Waals surface area (Å²) in [6, 6.07) is 6.54. The second kappa shape index (κ2) is 7.09. The molecule has 8 heteroatoms. The second-order valence-electron chi connectivity index (χ2n) is 7.40. The topological polar surface area (TPSA) is 35.5 Å². The van der Waals surface area contributed by atoms with Crippen LogP contribution in [0.25, 0.3) is 0 Å². The Labute approximate surface area is 163 Å². The molecule has 2 aliphatic heterocycles. The molecule has 4 rings (SSSR count). The summed E-state index contributed by atoms with van der Waals surface area (Å²) < 4.78 is 78.8. The average molecular weight is 412 g/mol. The van der Waals surface area contributed by atoms with Gasteiger partial charge in [0, 0.05) is 23.5 Å². The largest absolute Gasteiger partial charge is 0.490 e. The summed E-state index contributed by atoms with van der Waals surface area (Å²) in [5.41, 5.74) is -1.30. The van der Waals surface area contributed by atoms with Crippen molar-refractivity contribution >= 4 is 6.29 Å². The fourth-order valence-electron chi connectivity index (χ4n) is 4.49. The Bertz CT molecular complexity index is 925. The van der Waals surface area contributed by atoms with Crippen LogP contribution in [0.3, 0.4) is 0 Å². The van der Waals surface area contributed by atoms with E-state index in [-0.39, 0.29) is 37.4 Å². The van der Waals surface area contributed by atoms with E-state index in [0.717, 1.165) is 24.3 Å². The number of fused-ring (bicyclic) bond motifs is 3. The van der Waals surface area contributed by atoms with Crippen molar-refractivity contribution in [3.63, 3.8) is 0 Å². The number of hydrogen-bond donors (Lipinski definition) is 0. The maximum atomic E-state index is 14.9. The van der Waals surface area contributed by atoms with Crippen molar-refractivity contribution in [2.45, 2.75) is 30.5 Å². The van der Waals surface area contributed by atoms with E-state index in [9.17, 15) is 26.7 Å². The zero-order valence-electron chi connectivity index (χ0n) is 15.1. The smallest absolute Gasteiger partial charge is 0.416 e. The van der Waals surface area contributed by atoms with Gasteiger partial charge >= 0.3 is 6.18 Å². The van der Waals surface area contributed by atoms with Crippen LogP contribution in [-0.4, -0.2) is 25.6 Å². The van der Waals surface area contributed by atoms with E-state index in [1.807, 2.05) is 0 Å². The molecule has 0 saturated carbocycles. The number of rotatable bonds is 3. The molecule has 0 aliphatic carbocycles. The minimum Gasteiger partial charge on any atom is -0.490 e. The van der Waals surface area contributed by atoms with Gasteiger partial charge in [0.25, 0.3) is 0 Å². The Morgan fingerprint density at radius 1 is 1.07 bits per heavy atom. The molecule has 2 heterocycles. The van der Waals surface area contributed by atoms with Crippen LogP contribution in [0.1, 0.15) is 23.1 Å². The molecule has 2 aromatic carbocycles. The van der Waals surface area contributed by atoms with Gasteiger partial charge in [-0.25, -0.2) is 8.78 Å². The van der Waals surface area contributed by atoms with E-state index < -0.39 is 40.8 Å². The first-order chi connectivity index (χ1) is 13.8. The number of carbonyl (C=O) groups is 1. The van der Waals surface area contributed by atoms with Crippen molar-refractivity contribution in [1.29, 1.82) is 0 Å². The van der Waals surface area contributed by atoms with Gasteiger partial charge < -0.3 is 14.3 Å². The molecule has 0 spiro atoms. The molecule has 0 bridgehead atoms. The lowest BCUT2D eigenvalue weighted by molar-refractivity contribution is -0.138. The summed E-state index contributed by atoms with van der Waals surface area (Å²) in [6.07, 6.45) is -4.34. The number of aldehydes is 1. The van der Waals surface area contributed by atoms with Gasteiger partial charge in [-0.1, -0.05) is 12.1 Å². The molecule has 2 aromatic rings. The van der Waals surface area contributed by atoms with Crippen molar-refractivity contribution in [3.05, 3.63) is 64.7 Å². The van der Waals surface area contributed by atoms with Crippen molar-refractivity contribution < 1.29 is 36.2 Å². The SMILES string of the molecule is O=C[C@@H]1OCC[C@@]2(Cc3ccc(C(F)(F)F)cc3)c3c(F)ccc(F)c3OC[C@@H]12. The van der Waals surface area contributed by atoms with Gasteiger partial charge in [-0.3, -0.25) is 0 Å². The molecule has 3 nitrogen and oxygen atoms in total. The van der Waals surface area contributed by atoms with Gasteiger partial charge in [0.2, 0.25) is 0 Å². The Morgan fingerprint density at radius 2 is 1.76 bits per heavy atom. The third kappa shape index (κ3) is 3.29. The zero-order chi connectivity index (χ0) is 20.8. The number of alkyl halides is 3. The predicted octanol–water partition coefficient (Wildman–Crippen LogP) is 4.46. The highest BCUT2D eigenvalue weighted by atomic mass is 19.4. The summed E-state index contributed by atoms with van der Waals surface area (Å²) in [6.45, 7) is 0.0767. The molecule has 0 amide bonds. The first-order valence-electron chi connectivity index (χ1n) is 9.10. The van der Waals surface area contributed by atoms with E-state index >= 15 is 0 Å². The monoisotopic (exact) mass is 412 g/mol. The summed E-state index contributed by atoms with van der Waals surface area (Å²) in [5.74, 6) is -2.20. The normalized spacial score (nSPS) is 26.2. The highest BCUT2D eigenvalue weighted by Crippen LogP contribution is 2.52. The third-order valence-corrected chi connectivity index (χ3v) is 5.86. The maximum absolute atomic E-state index is 14.9. The zero-order valence-corrected chi connectivity index (χ0v) is 15.1. The Hall–Kier alpha value is -2.48. The summed E-state index contributed by atoms with van der Waals surface area (Å²) in [7, 11) is 0. The Balaban J connectivity index is 1.82. The molecule has 3 atom stereocenters. The van der Waals surface area contributed by atoms with E-state index in [0.29, 0.717) is 11.8 Å². The van der Waals surface area contributed by atoms with Gasteiger partial charge in [-0.05, 0) is 42.7 Å². The number of ether oxygens (including phenoxy) is 2. The summed E-state index contributed by atoms with van der Waals surface area (Å²) in [4.78, 5) is 11.6. The predicted molar refractivity (Wildman–Crippen MR) is 92.6 cm³/mol. The van der Waals surface area contributed by atoms with Crippen molar-refractivity contribution in [2.24, 2.45) is 5.92 Å². The van der Waals surface area contributed by atoms with Crippen LogP contribution in [0.5, 0.6) is 5.75 Å². The fourth-order valence-corrected chi connectivity index (χ4v) is 4.49. The Morgan fingerprint density at radius 3 is 2.41 bits per heavy atom. The van der Waals surface area contributed by atoms with Gasteiger partial charge in [-0.2, -0.15) is 13.2 Å². The highest BCUT2D eigenvalue weighted by molar-refractivity contribution is 5.59. The minimum absolute atomic E-state index is 0.0174. The van der Waals surface area contributed by atoms with Crippen molar-refractivity contribution in [3.8, 4) is 5.75 Å². The quantitative estimate of drug-likeness (QED) is 0.552. The van der Waals surface area contributed by atoms with Crippen LogP contribution in [0, 0.1) is 17.6 Å². The molecule has 1 fully saturated rings. The van der Waals surface area contributed by atoms with Crippen molar-refractivity contribution in [1.82, 2.24) is 0 Å². The maximum Gasteiger partial charge on any atom is 0.416 e. The molecule has 0 aromatic heterocycles. The van der Waals surface area contributed by atoms with E-state index in [1.54, 1.807) is 0 Å². The van der Waals surface area contributed by atoms with Gasteiger partial charge in [0.05, 0.1) is 12.2 Å². The molecule has 0 radical (unpaired) electrons. The Kier molecular flexibility index (Phi) is 4.85. The van der Waals surface area contributed by atoms with Gasteiger partial charge in [0.1, 0.15) is 18.2 Å². The van der Waals surface area contributed by atoms with Crippen LogP contribution >= 0.6 is 0 Å². The van der Waals surface area contributed by atoms with Crippen LogP contribution in [0.15, 0.2) is 36.4 Å². The fraction of sp³-hybridized carbons (Fsp3) is 0.381. The lowest BCUT2D eigenvalue weighted by Gasteiger charge is -2.50. The molecule has 0 N–H and O–H groups in total. The summed E-state index contributed by atoms with van der Waals surface area (Å²) in [5, 5.41) is 0. The van der Waals surface area contributed by atoms with E-state index in [2.05, 4.69) is 0 Å². The molecule has 1 saturated heterocycles. The molecule has 0 unspecified atom stereocenters. The van der Waals surface area contributed by atoms with Crippen molar-refractivity contribution in [2.75, 3.05) is 13.2 Å². The van der Waals surface area contributed by atoms with Gasteiger partial charge in [-0.15, -0.1) is 0 Å². The lowest BCUT2D eigenvalue weighted by Crippen LogP contribution is -2.55. The highest BCUT2D eigenvalue weighted by Gasteiger charge is 2.53. The van der Waals surface area contributed by atoms with Gasteiger partial charge in [0.15, 0.2) is 11.6 Å². The van der Waals surface area contributed by atoms with Crippen LogP contribution in [-0.2, 0) is 27.5 Å². The van der Waals surface area contributed by atoms with E-state index in [1.165, 1.54) is 12.1 Å². The minimum atomic E-state index is -4.47. The first-order valence-corrected chi connectivity index (χ1v) is 9.10. The molecular weight excluding hydrogens is 395 g/mol. The third-order valence-electron chi connectivity index (χ3n) is 5.86. The van der Waals surface area contributed by atoms with Crippen LogP contribution in [0.4, 0.5) is 22.0 Å². The van der Waals surface area contributed by atoms with E-state index in [4.69, 9.17) is 9.47 Å². The second-order valence-corrected chi connectivity index (χ2v) is 7.40. The van der Waals surface area contributed by atoms with Crippen LogP contribution in [0.2, 0.25) is 0 Å². The molecule has 2 aliphatic rings. The number of halogens is 5. The standard InChI is InChI=1S/C21H17F5O3/c22-15-5-6-16(23)19-18(15)20(7-8-28-17(10-27)14(20)11-29-19)9-12-1-3-13(4-2-12)21(24,25)26/h1-6,10,14,17H,7-9,11H2/t14-,17-,20-/m0/s1. The number of hydrogen-bond acceptors (Lipinski definition) is 3. The molecule has 154 valence electrons. The average Bonchev–Trinajstić information content (AvgIpc) is 2.69. The lowest BCUT2D eigenvalue weighted by atomic mass is 9.61. The first kappa shape index (κ1) is 19.8. The summed E-state index contributed by atoms with van der Waals surface area (Å²) >= 11 is 0. The molecular formula is C21H17F5O3. The molecule has 29 heavy (non-hydrogen) atoms. The number of benzene rings is 2.